The van der Waals surface area contributed by atoms with Gasteiger partial charge in [-0.05, 0) is 11.6 Å². The molecule has 0 radical (unpaired) electrons. The van der Waals surface area contributed by atoms with Gasteiger partial charge in [0.25, 0.3) is 0 Å². The Morgan fingerprint density at radius 3 is 2.46 bits per heavy atom. The van der Waals surface area contributed by atoms with Crippen LogP contribution in [0.25, 0.3) is 0 Å². The molecule has 3 rings (SSSR count). The molecule has 0 spiro atoms. The van der Waals surface area contributed by atoms with Crippen LogP contribution >= 0.6 is 0 Å². The van der Waals surface area contributed by atoms with E-state index in [1.807, 2.05) is 17.0 Å². The summed E-state index contributed by atoms with van der Waals surface area (Å²) >= 11 is 0. The lowest BCUT2D eigenvalue weighted by atomic mass is 10.3. The highest BCUT2D eigenvalue weighted by Gasteiger charge is 2.21. The van der Waals surface area contributed by atoms with E-state index in [1.165, 1.54) is 0 Å². The number of nitrogens with one attached hydrogen (secondary N) is 1. The largest absolute Gasteiger partial charge is 0.379 e. The molecule has 7 heteroatoms. The monoisotopic (exact) mass is 333 g/mol. The SMILES string of the molecule is O=C(NCc1cccnc1)N1CCN(CCN2CCOCC2)CC1. The number of carbonyl (C=O) groups is 1. The summed E-state index contributed by atoms with van der Waals surface area (Å²) < 4.78 is 5.38. The third-order valence-electron chi connectivity index (χ3n) is 4.66. The summed E-state index contributed by atoms with van der Waals surface area (Å²) in [5, 5.41) is 2.97. The lowest BCUT2D eigenvalue weighted by Crippen LogP contribution is -2.53. The molecule has 0 bridgehead atoms. The Kier molecular flexibility index (Phi) is 6.40. The highest BCUT2D eigenvalue weighted by molar-refractivity contribution is 5.74. The highest BCUT2D eigenvalue weighted by Crippen LogP contribution is 2.04. The fraction of sp³-hybridized carbons (Fsp3) is 0.647. The lowest BCUT2D eigenvalue weighted by molar-refractivity contribution is 0.0309. The van der Waals surface area contributed by atoms with E-state index in [2.05, 4.69) is 20.1 Å². The van der Waals surface area contributed by atoms with Crippen LogP contribution in [-0.2, 0) is 11.3 Å². The van der Waals surface area contributed by atoms with Gasteiger partial charge in [0.2, 0.25) is 0 Å². The van der Waals surface area contributed by atoms with Crippen molar-refractivity contribution < 1.29 is 9.53 Å². The van der Waals surface area contributed by atoms with Crippen molar-refractivity contribution in [1.29, 1.82) is 0 Å². The van der Waals surface area contributed by atoms with E-state index >= 15 is 0 Å². The minimum absolute atomic E-state index is 0.0201. The first-order valence-corrected chi connectivity index (χ1v) is 8.75. The number of aromatic nitrogens is 1. The molecule has 0 atom stereocenters. The molecular formula is C17H27N5O2. The Morgan fingerprint density at radius 1 is 1.08 bits per heavy atom. The van der Waals surface area contributed by atoms with Crippen molar-refractivity contribution in [2.75, 3.05) is 65.6 Å². The van der Waals surface area contributed by atoms with E-state index in [0.717, 1.165) is 71.1 Å². The molecular weight excluding hydrogens is 306 g/mol. The quantitative estimate of drug-likeness (QED) is 0.836. The van der Waals surface area contributed by atoms with Crippen LogP contribution in [0.2, 0.25) is 0 Å². The first-order chi connectivity index (χ1) is 11.8. The first-order valence-electron chi connectivity index (χ1n) is 8.75. The number of amides is 2. The van der Waals surface area contributed by atoms with Gasteiger partial charge in [0, 0.05) is 71.3 Å². The Labute approximate surface area is 143 Å². The zero-order valence-corrected chi connectivity index (χ0v) is 14.2. The number of morpholine rings is 1. The molecule has 2 aliphatic rings. The van der Waals surface area contributed by atoms with Crippen molar-refractivity contribution in [1.82, 2.24) is 25.0 Å². The minimum Gasteiger partial charge on any atom is -0.379 e. The minimum atomic E-state index is 0.0201. The van der Waals surface area contributed by atoms with E-state index in [9.17, 15) is 4.79 Å². The molecule has 1 aromatic rings. The first kappa shape index (κ1) is 17.1. The summed E-state index contributed by atoms with van der Waals surface area (Å²) in [5.74, 6) is 0. The van der Waals surface area contributed by atoms with Crippen LogP contribution in [0.5, 0.6) is 0 Å². The van der Waals surface area contributed by atoms with Gasteiger partial charge in [-0.25, -0.2) is 4.79 Å². The number of pyridine rings is 1. The summed E-state index contributed by atoms with van der Waals surface area (Å²) in [6.07, 6.45) is 3.52. The van der Waals surface area contributed by atoms with E-state index < -0.39 is 0 Å². The van der Waals surface area contributed by atoms with Crippen LogP contribution in [0.3, 0.4) is 0 Å². The fourth-order valence-corrected chi connectivity index (χ4v) is 3.07. The number of rotatable bonds is 5. The van der Waals surface area contributed by atoms with E-state index in [-0.39, 0.29) is 6.03 Å². The van der Waals surface area contributed by atoms with Crippen LogP contribution in [-0.4, -0.2) is 91.3 Å². The standard InChI is InChI=1S/C17H27N5O2/c23-17(19-15-16-2-1-3-18-14-16)22-8-6-20(7-9-22)4-5-21-10-12-24-13-11-21/h1-3,14H,4-13,15H2,(H,19,23). The average molecular weight is 333 g/mol. The summed E-state index contributed by atoms with van der Waals surface area (Å²) in [6, 6.07) is 3.87. The van der Waals surface area contributed by atoms with Gasteiger partial charge in [0.1, 0.15) is 0 Å². The zero-order chi connectivity index (χ0) is 16.6. The number of urea groups is 1. The predicted molar refractivity (Wildman–Crippen MR) is 91.7 cm³/mol. The topological polar surface area (TPSA) is 60.9 Å². The zero-order valence-electron chi connectivity index (χ0n) is 14.2. The van der Waals surface area contributed by atoms with Crippen molar-refractivity contribution in [3.05, 3.63) is 30.1 Å². The molecule has 1 N–H and O–H groups in total. The van der Waals surface area contributed by atoms with Crippen LogP contribution in [0.4, 0.5) is 4.79 Å². The maximum Gasteiger partial charge on any atom is 0.317 e. The molecule has 0 unspecified atom stereocenters. The van der Waals surface area contributed by atoms with Crippen molar-refractivity contribution >= 4 is 6.03 Å². The summed E-state index contributed by atoms with van der Waals surface area (Å²) in [4.78, 5) is 23.1. The molecule has 2 saturated heterocycles. The Balaban J connectivity index is 1.33. The molecule has 0 aliphatic carbocycles. The summed E-state index contributed by atoms with van der Waals surface area (Å²) in [6.45, 7) is 9.97. The van der Waals surface area contributed by atoms with Crippen LogP contribution < -0.4 is 5.32 Å². The summed E-state index contributed by atoms with van der Waals surface area (Å²) in [7, 11) is 0. The Bertz CT molecular complexity index is 499. The molecule has 132 valence electrons. The van der Waals surface area contributed by atoms with Gasteiger partial charge in [-0.1, -0.05) is 6.07 Å². The lowest BCUT2D eigenvalue weighted by Gasteiger charge is -2.36. The van der Waals surface area contributed by atoms with Gasteiger partial charge in [-0.3, -0.25) is 14.8 Å². The van der Waals surface area contributed by atoms with Gasteiger partial charge in [-0.15, -0.1) is 0 Å². The maximum atomic E-state index is 12.2. The number of ether oxygens (including phenoxy) is 1. The van der Waals surface area contributed by atoms with Gasteiger partial charge in [-0.2, -0.15) is 0 Å². The van der Waals surface area contributed by atoms with Gasteiger partial charge in [0.05, 0.1) is 13.2 Å². The van der Waals surface area contributed by atoms with E-state index in [4.69, 9.17) is 4.74 Å². The second-order valence-corrected chi connectivity index (χ2v) is 6.30. The molecule has 1 aromatic heterocycles. The number of hydrogen-bond acceptors (Lipinski definition) is 5. The van der Waals surface area contributed by atoms with Crippen molar-refractivity contribution in [2.24, 2.45) is 0 Å². The molecule has 0 aromatic carbocycles. The third kappa shape index (κ3) is 5.15. The molecule has 3 heterocycles. The van der Waals surface area contributed by atoms with Gasteiger partial charge >= 0.3 is 6.03 Å². The average Bonchev–Trinajstić information content (AvgIpc) is 2.66. The molecule has 24 heavy (non-hydrogen) atoms. The molecule has 2 amide bonds. The Hall–Kier alpha value is -1.70. The smallest absolute Gasteiger partial charge is 0.317 e. The van der Waals surface area contributed by atoms with Crippen LogP contribution in [0.1, 0.15) is 5.56 Å². The second kappa shape index (κ2) is 8.96. The van der Waals surface area contributed by atoms with Crippen molar-refractivity contribution in [3.63, 3.8) is 0 Å². The molecule has 7 nitrogen and oxygen atoms in total. The second-order valence-electron chi connectivity index (χ2n) is 6.30. The number of piperazine rings is 1. The molecule has 2 aliphatic heterocycles. The fourth-order valence-electron chi connectivity index (χ4n) is 3.07. The highest BCUT2D eigenvalue weighted by atomic mass is 16.5. The van der Waals surface area contributed by atoms with Crippen LogP contribution in [0.15, 0.2) is 24.5 Å². The number of carbonyl (C=O) groups excluding carboxylic acids is 1. The predicted octanol–water partition coefficient (Wildman–Crippen LogP) is 0.241. The van der Waals surface area contributed by atoms with E-state index in [1.54, 1.807) is 12.4 Å². The normalized spacial score (nSPS) is 20.1. The van der Waals surface area contributed by atoms with Crippen molar-refractivity contribution in [2.45, 2.75) is 6.54 Å². The van der Waals surface area contributed by atoms with Crippen LogP contribution in [0, 0.1) is 0 Å². The van der Waals surface area contributed by atoms with Crippen molar-refractivity contribution in [3.8, 4) is 0 Å². The maximum absolute atomic E-state index is 12.2. The van der Waals surface area contributed by atoms with E-state index in [0.29, 0.717) is 6.54 Å². The summed E-state index contributed by atoms with van der Waals surface area (Å²) in [5.41, 5.74) is 1.02. The van der Waals surface area contributed by atoms with Gasteiger partial charge in [0.15, 0.2) is 0 Å². The molecule has 2 fully saturated rings. The Morgan fingerprint density at radius 2 is 1.79 bits per heavy atom. The number of nitrogens with zero attached hydrogens (tertiary/aromatic N) is 4. The molecule has 0 saturated carbocycles. The third-order valence-corrected chi connectivity index (χ3v) is 4.66. The van der Waals surface area contributed by atoms with Gasteiger partial charge < -0.3 is 15.0 Å². The number of hydrogen-bond donors (Lipinski definition) is 1.